The summed E-state index contributed by atoms with van der Waals surface area (Å²) in [6.07, 6.45) is 1.68. The standard InChI is InChI=1S/C11H22N4O/c1-4-5-12-11(16)10(2)13-15-8-6-14(3)7-9-15/h4,10,13H,1,5-9H2,2-3H3,(H,12,16). The van der Waals surface area contributed by atoms with E-state index in [4.69, 9.17) is 0 Å². The van der Waals surface area contributed by atoms with Crippen LogP contribution in [0, 0.1) is 0 Å². The number of amides is 1. The van der Waals surface area contributed by atoms with Crippen molar-refractivity contribution in [3.05, 3.63) is 12.7 Å². The molecule has 5 nitrogen and oxygen atoms in total. The summed E-state index contributed by atoms with van der Waals surface area (Å²) >= 11 is 0. The number of carbonyl (C=O) groups is 1. The predicted octanol–water partition coefficient (Wildman–Crippen LogP) is -0.571. The van der Waals surface area contributed by atoms with E-state index in [-0.39, 0.29) is 11.9 Å². The lowest BCUT2D eigenvalue weighted by atomic mass is 10.3. The molecule has 0 aliphatic carbocycles. The minimum atomic E-state index is -0.191. The van der Waals surface area contributed by atoms with E-state index in [1.165, 1.54) is 0 Å². The molecule has 2 N–H and O–H groups in total. The van der Waals surface area contributed by atoms with E-state index in [1.807, 2.05) is 6.92 Å². The summed E-state index contributed by atoms with van der Waals surface area (Å²) in [5.41, 5.74) is 3.21. The van der Waals surface area contributed by atoms with E-state index >= 15 is 0 Å². The van der Waals surface area contributed by atoms with Gasteiger partial charge in [-0.2, -0.15) is 0 Å². The average Bonchev–Trinajstić information content (AvgIpc) is 2.29. The Kier molecular flexibility index (Phi) is 5.45. The number of nitrogens with zero attached hydrogens (tertiary/aromatic N) is 2. The third kappa shape index (κ3) is 4.30. The quantitative estimate of drug-likeness (QED) is 0.616. The molecule has 0 spiro atoms. The molecule has 1 atom stereocenters. The topological polar surface area (TPSA) is 47.6 Å². The summed E-state index contributed by atoms with van der Waals surface area (Å²) in [7, 11) is 2.11. The SMILES string of the molecule is C=CCNC(=O)C(C)NN1CCN(C)CC1. The molecule has 0 aromatic heterocycles. The summed E-state index contributed by atoms with van der Waals surface area (Å²) in [6.45, 7) is 9.94. The molecule has 1 saturated heterocycles. The lowest BCUT2D eigenvalue weighted by molar-refractivity contribution is -0.124. The van der Waals surface area contributed by atoms with Crippen LogP contribution in [0.1, 0.15) is 6.92 Å². The van der Waals surface area contributed by atoms with Gasteiger partial charge in [0.15, 0.2) is 0 Å². The number of hydrogen-bond donors (Lipinski definition) is 2. The molecule has 1 aliphatic heterocycles. The van der Waals surface area contributed by atoms with Crippen molar-refractivity contribution in [2.75, 3.05) is 39.8 Å². The number of nitrogens with one attached hydrogen (secondary N) is 2. The molecule has 0 radical (unpaired) electrons. The van der Waals surface area contributed by atoms with Crippen LogP contribution in [0.4, 0.5) is 0 Å². The molecule has 92 valence electrons. The summed E-state index contributed by atoms with van der Waals surface area (Å²) in [4.78, 5) is 13.9. The van der Waals surface area contributed by atoms with Crippen molar-refractivity contribution >= 4 is 5.91 Å². The van der Waals surface area contributed by atoms with Gasteiger partial charge in [-0.05, 0) is 14.0 Å². The Morgan fingerprint density at radius 1 is 1.44 bits per heavy atom. The number of hydrogen-bond acceptors (Lipinski definition) is 4. The maximum atomic E-state index is 11.6. The van der Waals surface area contributed by atoms with Crippen LogP contribution in [0.5, 0.6) is 0 Å². The van der Waals surface area contributed by atoms with Gasteiger partial charge in [-0.25, -0.2) is 10.4 Å². The zero-order valence-electron chi connectivity index (χ0n) is 10.2. The van der Waals surface area contributed by atoms with Gasteiger partial charge in [0.25, 0.3) is 0 Å². The molecule has 1 rings (SSSR count). The first-order chi connectivity index (χ1) is 7.63. The smallest absolute Gasteiger partial charge is 0.238 e. The molecule has 5 heteroatoms. The first-order valence-electron chi connectivity index (χ1n) is 5.71. The molecule has 0 aromatic rings. The highest BCUT2D eigenvalue weighted by molar-refractivity contribution is 5.81. The Hall–Kier alpha value is -0.910. The molecule has 1 amide bonds. The first-order valence-corrected chi connectivity index (χ1v) is 5.71. The Morgan fingerprint density at radius 3 is 2.62 bits per heavy atom. The van der Waals surface area contributed by atoms with Gasteiger partial charge in [0.1, 0.15) is 0 Å². The molecular weight excluding hydrogens is 204 g/mol. The van der Waals surface area contributed by atoms with Gasteiger partial charge < -0.3 is 10.2 Å². The molecule has 1 heterocycles. The molecule has 0 saturated carbocycles. The molecule has 1 aliphatic rings. The highest BCUT2D eigenvalue weighted by Crippen LogP contribution is 1.96. The maximum Gasteiger partial charge on any atom is 0.238 e. The second-order valence-corrected chi connectivity index (χ2v) is 4.17. The second kappa shape index (κ2) is 6.62. The number of likely N-dealkylation sites (N-methyl/N-ethyl adjacent to an activating group) is 1. The van der Waals surface area contributed by atoms with Gasteiger partial charge in [0.05, 0.1) is 6.04 Å². The van der Waals surface area contributed by atoms with Gasteiger partial charge in [-0.3, -0.25) is 4.79 Å². The second-order valence-electron chi connectivity index (χ2n) is 4.17. The lowest BCUT2D eigenvalue weighted by Crippen LogP contribution is -2.56. The molecule has 1 fully saturated rings. The lowest BCUT2D eigenvalue weighted by Gasteiger charge is -2.34. The fraction of sp³-hybridized carbons (Fsp3) is 0.727. The van der Waals surface area contributed by atoms with Crippen LogP contribution in [-0.4, -0.2) is 61.6 Å². The predicted molar refractivity (Wildman–Crippen MR) is 64.9 cm³/mol. The van der Waals surface area contributed by atoms with Crippen molar-refractivity contribution in [3.63, 3.8) is 0 Å². The number of rotatable bonds is 5. The summed E-state index contributed by atoms with van der Waals surface area (Å²) in [5.74, 6) is 0.0128. The van der Waals surface area contributed by atoms with Gasteiger partial charge in [0.2, 0.25) is 5.91 Å². The molecule has 0 aromatic carbocycles. The number of piperazine rings is 1. The van der Waals surface area contributed by atoms with Crippen molar-refractivity contribution in [3.8, 4) is 0 Å². The van der Waals surface area contributed by atoms with Crippen LogP contribution in [-0.2, 0) is 4.79 Å². The molecule has 0 bridgehead atoms. The highest BCUT2D eigenvalue weighted by Gasteiger charge is 2.18. The van der Waals surface area contributed by atoms with E-state index in [0.717, 1.165) is 26.2 Å². The number of carbonyl (C=O) groups excluding carboxylic acids is 1. The molecule has 1 unspecified atom stereocenters. The maximum absolute atomic E-state index is 11.6. The van der Waals surface area contributed by atoms with Crippen LogP contribution in [0.15, 0.2) is 12.7 Å². The van der Waals surface area contributed by atoms with E-state index < -0.39 is 0 Å². The van der Waals surface area contributed by atoms with E-state index in [9.17, 15) is 4.79 Å². The zero-order valence-corrected chi connectivity index (χ0v) is 10.2. The normalized spacial score (nSPS) is 20.4. The minimum absolute atomic E-state index is 0.0128. The van der Waals surface area contributed by atoms with Gasteiger partial charge in [-0.15, -0.1) is 6.58 Å². The Labute approximate surface area is 97.4 Å². The first kappa shape index (κ1) is 13.2. The monoisotopic (exact) mass is 226 g/mol. The Balaban J connectivity index is 2.25. The van der Waals surface area contributed by atoms with Crippen LogP contribution in [0.25, 0.3) is 0 Å². The van der Waals surface area contributed by atoms with Crippen LogP contribution >= 0.6 is 0 Å². The zero-order chi connectivity index (χ0) is 12.0. The van der Waals surface area contributed by atoms with E-state index in [1.54, 1.807) is 6.08 Å². The van der Waals surface area contributed by atoms with Crippen LogP contribution < -0.4 is 10.7 Å². The third-order valence-corrected chi connectivity index (χ3v) is 2.69. The van der Waals surface area contributed by atoms with Gasteiger partial charge in [-0.1, -0.05) is 6.08 Å². The fourth-order valence-corrected chi connectivity index (χ4v) is 1.59. The average molecular weight is 226 g/mol. The van der Waals surface area contributed by atoms with E-state index in [0.29, 0.717) is 6.54 Å². The molecular formula is C11H22N4O. The van der Waals surface area contributed by atoms with Crippen molar-refractivity contribution in [1.29, 1.82) is 0 Å². The number of hydrazine groups is 1. The van der Waals surface area contributed by atoms with Gasteiger partial charge >= 0.3 is 0 Å². The fourth-order valence-electron chi connectivity index (χ4n) is 1.59. The van der Waals surface area contributed by atoms with Crippen molar-refractivity contribution < 1.29 is 4.79 Å². The van der Waals surface area contributed by atoms with Crippen LogP contribution in [0.2, 0.25) is 0 Å². The van der Waals surface area contributed by atoms with E-state index in [2.05, 4.69) is 34.3 Å². The minimum Gasteiger partial charge on any atom is -0.351 e. The summed E-state index contributed by atoms with van der Waals surface area (Å²) in [5, 5.41) is 4.88. The van der Waals surface area contributed by atoms with Gasteiger partial charge in [0, 0.05) is 32.7 Å². The van der Waals surface area contributed by atoms with Crippen molar-refractivity contribution in [2.24, 2.45) is 0 Å². The van der Waals surface area contributed by atoms with Crippen molar-refractivity contribution in [2.45, 2.75) is 13.0 Å². The Bertz CT molecular complexity index is 236. The molecule has 16 heavy (non-hydrogen) atoms. The van der Waals surface area contributed by atoms with Crippen molar-refractivity contribution in [1.82, 2.24) is 20.7 Å². The third-order valence-electron chi connectivity index (χ3n) is 2.69. The summed E-state index contributed by atoms with van der Waals surface area (Å²) < 4.78 is 0. The largest absolute Gasteiger partial charge is 0.351 e. The summed E-state index contributed by atoms with van der Waals surface area (Å²) in [6, 6.07) is -0.191. The Morgan fingerprint density at radius 2 is 2.06 bits per heavy atom. The highest BCUT2D eigenvalue weighted by atomic mass is 16.2. The van der Waals surface area contributed by atoms with Crippen LogP contribution in [0.3, 0.4) is 0 Å².